The van der Waals surface area contributed by atoms with Crippen molar-refractivity contribution in [1.29, 1.82) is 0 Å². The van der Waals surface area contributed by atoms with Gasteiger partial charge in [-0.3, -0.25) is 15.2 Å². The largest absolute Gasteiger partial charge is 0.492 e. The SMILES string of the molecule is COc1c(NC(=O)Nc2ccc(-c3cccc(CN4CCOCC4)n3)c3ccccc23)cc(C(C)(C)C)cc1NC(=O)OC(C)C. The Morgan fingerprint density at radius 2 is 1.57 bits per heavy atom. The zero-order valence-corrected chi connectivity index (χ0v) is 27.4. The Morgan fingerprint density at radius 1 is 0.891 bits per heavy atom. The topological polar surface area (TPSA) is 114 Å². The van der Waals surface area contributed by atoms with Gasteiger partial charge in [0, 0.05) is 30.6 Å². The minimum absolute atomic E-state index is 0.281. The lowest BCUT2D eigenvalue weighted by Crippen LogP contribution is -2.35. The third-order valence-corrected chi connectivity index (χ3v) is 7.73. The van der Waals surface area contributed by atoms with Gasteiger partial charge in [0.1, 0.15) is 0 Å². The van der Waals surface area contributed by atoms with Crippen LogP contribution >= 0.6 is 0 Å². The highest BCUT2D eigenvalue weighted by Gasteiger charge is 2.23. The molecule has 2 heterocycles. The molecular weight excluding hydrogens is 582 g/mol. The molecule has 242 valence electrons. The van der Waals surface area contributed by atoms with Crippen LogP contribution in [0.2, 0.25) is 0 Å². The number of anilines is 3. The van der Waals surface area contributed by atoms with Gasteiger partial charge in [0.2, 0.25) is 0 Å². The molecule has 0 saturated carbocycles. The summed E-state index contributed by atoms with van der Waals surface area (Å²) in [5.74, 6) is 0.312. The van der Waals surface area contributed by atoms with Crippen molar-refractivity contribution in [3.63, 3.8) is 0 Å². The van der Waals surface area contributed by atoms with Gasteiger partial charge in [-0.25, -0.2) is 9.59 Å². The maximum absolute atomic E-state index is 13.5. The van der Waals surface area contributed by atoms with Crippen molar-refractivity contribution in [2.45, 2.75) is 52.7 Å². The van der Waals surface area contributed by atoms with E-state index in [9.17, 15) is 9.59 Å². The zero-order chi connectivity index (χ0) is 32.8. The van der Waals surface area contributed by atoms with Crippen molar-refractivity contribution in [3.05, 3.63) is 78.0 Å². The molecule has 3 amide bonds. The maximum atomic E-state index is 13.5. The fourth-order valence-electron chi connectivity index (χ4n) is 5.43. The number of nitrogens with zero attached hydrogens (tertiary/aromatic N) is 2. The number of urea groups is 1. The smallest absolute Gasteiger partial charge is 0.411 e. The summed E-state index contributed by atoms with van der Waals surface area (Å²) in [6, 6.07) is 21.2. The molecule has 1 aliphatic heterocycles. The summed E-state index contributed by atoms with van der Waals surface area (Å²) >= 11 is 0. The van der Waals surface area contributed by atoms with Gasteiger partial charge >= 0.3 is 12.1 Å². The van der Waals surface area contributed by atoms with Gasteiger partial charge in [0.25, 0.3) is 0 Å². The number of morpholine rings is 1. The number of benzene rings is 3. The van der Waals surface area contributed by atoms with E-state index in [2.05, 4.69) is 47.7 Å². The molecule has 1 saturated heterocycles. The van der Waals surface area contributed by atoms with Crippen LogP contribution in [0.5, 0.6) is 5.75 Å². The highest BCUT2D eigenvalue weighted by Crippen LogP contribution is 2.39. The lowest BCUT2D eigenvalue weighted by atomic mass is 9.86. The third kappa shape index (κ3) is 7.94. The number of hydrogen-bond acceptors (Lipinski definition) is 7. The standard InChI is InChI=1S/C36H43N5O5/c1-23(2)46-35(43)40-32-21-24(36(3,4)5)20-31(33(32)44-6)39-34(42)38-30-15-14-28(26-11-7-8-12-27(26)30)29-13-9-10-25(37-29)22-41-16-18-45-19-17-41/h7-15,20-21,23H,16-19,22H2,1-6H3,(H,40,43)(H2,38,39,42). The van der Waals surface area contributed by atoms with Crippen LogP contribution in [0.1, 0.15) is 45.9 Å². The summed E-state index contributed by atoms with van der Waals surface area (Å²) in [5.41, 5.74) is 4.92. The molecule has 0 bridgehead atoms. The van der Waals surface area contributed by atoms with E-state index in [1.165, 1.54) is 7.11 Å². The number of pyridine rings is 1. The van der Waals surface area contributed by atoms with E-state index in [0.29, 0.717) is 22.8 Å². The lowest BCUT2D eigenvalue weighted by Gasteiger charge is -2.26. The highest BCUT2D eigenvalue weighted by molar-refractivity contribution is 6.10. The first-order chi connectivity index (χ1) is 22.0. The zero-order valence-electron chi connectivity index (χ0n) is 27.4. The van der Waals surface area contributed by atoms with Crippen LogP contribution in [-0.2, 0) is 21.4 Å². The first-order valence-electron chi connectivity index (χ1n) is 15.6. The molecule has 1 aromatic heterocycles. The average Bonchev–Trinajstić information content (AvgIpc) is 3.01. The van der Waals surface area contributed by atoms with Crippen molar-refractivity contribution < 1.29 is 23.8 Å². The van der Waals surface area contributed by atoms with Gasteiger partial charge in [0.15, 0.2) is 5.75 Å². The second-order valence-corrected chi connectivity index (χ2v) is 12.6. The molecule has 0 unspecified atom stereocenters. The molecule has 0 atom stereocenters. The van der Waals surface area contributed by atoms with Crippen LogP contribution in [0.4, 0.5) is 26.7 Å². The van der Waals surface area contributed by atoms with Gasteiger partial charge in [-0.05, 0) is 60.5 Å². The molecule has 10 heteroatoms. The quantitative estimate of drug-likeness (QED) is 0.184. The van der Waals surface area contributed by atoms with Crippen molar-refractivity contribution in [2.24, 2.45) is 0 Å². The van der Waals surface area contributed by atoms with E-state index < -0.39 is 12.1 Å². The minimum Gasteiger partial charge on any atom is -0.492 e. The molecule has 10 nitrogen and oxygen atoms in total. The number of hydrogen-bond donors (Lipinski definition) is 3. The number of nitrogens with one attached hydrogen (secondary N) is 3. The van der Waals surface area contributed by atoms with Gasteiger partial charge in [-0.2, -0.15) is 0 Å². The number of fused-ring (bicyclic) bond motifs is 1. The minimum atomic E-state index is -0.609. The lowest BCUT2D eigenvalue weighted by molar-refractivity contribution is 0.0336. The first kappa shape index (κ1) is 32.7. The molecule has 5 rings (SSSR count). The van der Waals surface area contributed by atoms with Crippen LogP contribution < -0.4 is 20.7 Å². The van der Waals surface area contributed by atoms with Gasteiger partial charge in [-0.15, -0.1) is 0 Å². The van der Waals surface area contributed by atoms with Crippen LogP contribution in [-0.4, -0.2) is 61.5 Å². The van der Waals surface area contributed by atoms with Crippen molar-refractivity contribution in [3.8, 4) is 17.0 Å². The maximum Gasteiger partial charge on any atom is 0.411 e. The van der Waals surface area contributed by atoms with Crippen LogP contribution in [0.15, 0.2) is 66.7 Å². The number of methoxy groups -OCH3 is 1. The van der Waals surface area contributed by atoms with Crippen LogP contribution in [0.25, 0.3) is 22.0 Å². The van der Waals surface area contributed by atoms with Crippen LogP contribution in [0.3, 0.4) is 0 Å². The highest BCUT2D eigenvalue weighted by atomic mass is 16.6. The molecule has 46 heavy (non-hydrogen) atoms. The van der Waals surface area contributed by atoms with E-state index in [4.69, 9.17) is 19.2 Å². The average molecular weight is 626 g/mol. The second-order valence-electron chi connectivity index (χ2n) is 12.6. The fraction of sp³-hybridized carbons (Fsp3) is 0.361. The van der Waals surface area contributed by atoms with Crippen LogP contribution in [0, 0.1) is 0 Å². The van der Waals surface area contributed by atoms with Crippen molar-refractivity contribution >= 4 is 40.0 Å². The molecule has 3 aromatic carbocycles. The second kappa shape index (κ2) is 14.2. The summed E-state index contributed by atoms with van der Waals surface area (Å²) in [4.78, 5) is 33.3. The number of rotatable bonds is 8. The molecule has 1 aliphatic rings. The number of ether oxygens (including phenoxy) is 3. The fourth-order valence-corrected chi connectivity index (χ4v) is 5.43. The Labute approximate surface area is 270 Å². The monoisotopic (exact) mass is 625 g/mol. The Hall–Kier alpha value is -4.67. The normalized spacial score (nSPS) is 13.8. The molecule has 1 fully saturated rings. The Kier molecular flexibility index (Phi) is 10.1. The number of aromatic nitrogens is 1. The Balaban J connectivity index is 1.41. The van der Waals surface area contributed by atoms with E-state index in [0.717, 1.165) is 66.1 Å². The van der Waals surface area contributed by atoms with E-state index in [-0.39, 0.29) is 11.5 Å². The molecular formula is C36H43N5O5. The third-order valence-electron chi connectivity index (χ3n) is 7.73. The summed E-state index contributed by atoms with van der Waals surface area (Å²) in [6.07, 6.45) is -0.904. The molecule has 0 aliphatic carbocycles. The summed E-state index contributed by atoms with van der Waals surface area (Å²) in [7, 11) is 1.49. The van der Waals surface area contributed by atoms with Crippen molar-refractivity contribution in [1.82, 2.24) is 9.88 Å². The molecule has 4 aromatic rings. The summed E-state index contributed by atoms with van der Waals surface area (Å²) in [6.45, 7) is 13.7. The molecule has 3 N–H and O–H groups in total. The Bertz CT molecular complexity index is 1710. The predicted molar refractivity (Wildman–Crippen MR) is 183 cm³/mol. The van der Waals surface area contributed by atoms with Crippen molar-refractivity contribution in [2.75, 3.05) is 49.4 Å². The summed E-state index contributed by atoms with van der Waals surface area (Å²) < 4.78 is 16.4. The summed E-state index contributed by atoms with van der Waals surface area (Å²) in [5, 5.41) is 10.6. The number of carbonyl (C=O) groups is 2. The van der Waals surface area contributed by atoms with E-state index >= 15 is 0 Å². The van der Waals surface area contributed by atoms with Gasteiger partial charge < -0.3 is 24.8 Å². The van der Waals surface area contributed by atoms with E-state index in [1.54, 1.807) is 13.8 Å². The number of carbonyl (C=O) groups excluding carboxylic acids is 2. The number of amides is 3. The van der Waals surface area contributed by atoms with Gasteiger partial charge in [-0.1, -0.05) is 57.2 Å². The van der Waals surface area contributed by atoms with E-state index in [1.807, 2.05) is 60.7 Å². The molecule has 0 spiro atoms. The Morgan fingerprint density at radius 3 is 2.24 bits per heavy atom. The first-order valence-corrected chi connectivity index (χ1v) is 15.6. The molecule has 0 radical (unpaired) electrons. The predicted octanol–water partition coefficient (Wildman–Crippen LogP) is 7.64. The van der Waals surface area contributed by atoms with Gasteiger partial charge in [0.05, 0.1) is 54.9 Å².